The van der Waals surface area contributed by atoms with Crippen LogP contribution in [0.25, 0.3) is 11.0 Å². The van der Waals surface area contributed by atoms with Crippen molar-refractivity contribution in [3.05, 3.63) is 42.2 Å². The molecule has 2 aromatic heterocycles. The zero-order chi connectivity index (χ0) is 15.8. The Morgan fingerprint density at radius 3 is 2.91 bits per heavy atom. The molecule has 0 amide bonds. The van der Waals surface area contributed by atoms with E-state index in [-0.39, 0.29) is 6.10 Å². The summed E-state index contributed by atoms with van der Waals surface area (Å²) in [5, 5.41) is 8.12. The number of aromatic nitrogens is 5. The van der Waals surface area contributed by atoms with E-state index in [0.29, 0.717) is 6.61 Å². The molecule has 1 unspecified atom stereocenters. The summed E-state index contributed by atoms with van der Waals surface area (Å²) >= 11 is 0. The maximum Gasteiger partial charge on any atom is 0.163 e. The Labute approximate surface area is 134 Å². The van der Waals surface area contributed by atoms with Gasteiger partial charge in [-0.25, -0.2) is 4.98 Å². The molecular formula is C16H20N6O. The van der Waals surface area contributed by atoms with Crippen LogP contribution in [0.4, 0.5) is 0 Å². The van der Waals surface area contributed by atoms with Gasteiger partial charge >= 0.3 is 0 Å². The maximum absolute atomic E-state index is 5.87. The number of ether oxygens (including phenoxy) is 1. The van der Waals surface area contributed by atoms with Crippen molar-refractivity contribution in [2.24, 2.45) is 14.1 Å². The van der Waals surface area contributed by atoms with Crippen LogP contribution >= 0.6 is 0 Å². The monoisotopic (exact) mass is 312 g/mol. The highest BCUT2D eigenvalue weighted by atomic mass is 16.5. The molecule has 3 aromatic rings. The fraction of sp³-hybridized carbons (Fsp3) is 0.438. The molecule has 0 bridgehead atoms. The first-order chi connectivity index (χ1) is 11.2. The fourth-order valence-electron chi connectivity index (χ4n) is 3.12. The summed E-state index contributed by atoms with van der Waals surface area (Å²) in [5.41, 5.74) is 2.21. The van der Waals surface area contributed by atoms with Gasteiger partial charge in [0.2, 0.25) is 0 Å². The lowest BCUT2D eigenvalue weighted by Crippen LogP contribution is -2.39. The van der Waals surface area contributed by atoms with Crippen molar-refractivity contribution in [1.82, 2.24) is 29.2 Å². The second-order valence-corrected chi connectivity index (χ2v) is 5.97. The first-order valence-corrected chi connectivity index (χ1v) is 7.80. The highest BCUT2D eigenvalue weighted by molar-refractivity contribution is 5.75. The molecule has 1 aliphatic rings. The van der Waals surface area contributed by atoms with Crippen LogP contribution in [0.1, 0.15) is 17.8 Å². The number of rotatable bonds is 3. The predicted octanol–water partition coefficient (Wildman–Crippen LogP) is 1.28. The number of morpholine rings is 1. The fourth-order valence-corrected chi connectivity index (χ4v) is 3.12. The van der Waals surface area contributed by atoms with Crippen LogP contribution in [-0.4, -0.2) is 48.9 Å². The summed E-state index contributed by atoms with van der Waals surface area (Å²) in [7, 11) is 4.02. The number of nitrogens with zero attached hydrogens (tertiary/aromatic N) is 6. The van der Waals surface area contributed by atoms with E-state index in [4.69, 9.17) is 9.72 Å². The van der Waals surface area contributed by atoms with Crippen molar-refractivity contribution in [2.75, 3.05) is 19.7 Å². The highest BCUT2D eigenvalue weighted by Gasteiger charge is 2.26. The molecule has 0 saturated carbocycles. The Kier molecular flexibility index (Phi) is 3.59. The topological polar surface area (TPSA) is 61.0 Å². The van der Waals surface area contributed by atoms with Gasteiger partial charge in [0.1, 0.15) is 18.3 Å². The number of imidazole rings is 1. The molecule has 7 nitrogen and oxygen atoms in total. The van der Waals surface area contributed by atoms with Gasteiger partial charge in [-0.05, 0) is 12.1 Å². The van der Waals surface area contributed by atoms with Crippen LogP contribution in [0.15, 0.2) is 30.6 Å². The summed E-state index contributed by atoms with van der Waals surface area (Å²) in [5.74, 6) is 1.95. The molecule has 4 rings (SSSR count). The van der Waals surface area contributed by atoms with Crippen LogP contribution in [0.3, 0.4) is 0 Å². The SMILES string of the molecule is Cn1cnnc1C1CN(Cc2nc3ccccc3n2C)CCO1. The van der Waals surface area contributed by atoms with E-state index < -0.39 is 0 Å². The number of aryl methyl sites for hydroxylation is 2. The maximum atomic E-state index is 5.87. The van der Waals surface area contributed by atoms with E-state index in [0.717, 1.165) is 36.8 Å². The summed E-state index contributed by atoms with van der Waals surface area (Å²) < 4.78 is 9.96. The first-order valence-electron chi connectivity index (χ1n) is 7.80. The third-order valence-electron chi connectivity index (χ3n) is 4.43. The van der Waals surface area contributed by atoms with Gasteiger partial charge in [0.25, 0.3) is 0 Å². The molecule has 1 aromatic carbocycles. The van der Waals surface area contributed by atoms with Gasteiger partial charge in [-0.1, -0.05) is 12.1 Å². The van der Waals surface area contributed by atoms with Crippen molar-refractivity contribution in [3.8, 4) is 0 Å². The second kappa shape index (κ2) is 5.75. The smallest absolute Gasteiger partial charge is 0.163 e. The van der Waals surface area contributed by atoms with Crippen LogP contribution in [0, 0.1) is 0 Å². The minimum Gasteiger partial charge on any atom is -0.368 e. The number of hydrogen-bond acceptors (Lipinski definition) is 5. The van der Waals surface area contributed by atoms with Crippen molar-refractivity contribution < 1.29 is 4.74 Å². The molecule has 120 valence electrons. The molecule has 1 fully saturated rings. The molecule has 1 aliphatic heterocycles. The van der Waals surface area contributed by atoms with Gasteiger partial charge in [-0.3, -0.25) is 4.90 Å². The minimum absolute atomic E-state index is 0.0362. The highest BCUT2D eigenvalue weighted by Crippen LogP contribution is 2.22. The standard InChI is InChI=1S/C16H20N6O/c1-20-11-17-19-16(20)14-9-22(7-8-23-14)10-15-18-12-5-3-4-6-13(12)21(15)2/h3-6,11,14H,7-10H2,1-2H3. The summed E-state index contributed by atoms with van der Waals surface area (Å²) in [6, 6.07) is 8.23. The lowest BCUT2D eigenvalue weighted by atomic mass is 10.2. The molecular weight excluding hydrogens is 292 g/mol. The Morgan fingerprint density at radius 1 is 1.26 bits per heavy atom. The molecule has 3 heterocycles. The van der Waals surface area contributed by atoms with E-state index in [1.54, 1.807) is 6.33 Å². The zero-order valence-corrected chi connectivity index (χ0v) is 13.4. The molecule has 0 N–H and O–H groups in total. The lowest BCUT2D eigenvalue weighted by molar-refractivity contribution is -0.0394. The molecule has 23 heavy (non-hydrogen) atoms. The third kappa shape index (κ3) is 2.62. The van der Waals surface area contributed by atoms with Crippen molar-refractivity contribution >= 4 is 11.0 Å². The average molecular weight is 312 g/mol. The molecule has 7 heteroatoms. The number of benzene rings is 1. The number of hydrogen-bond donors (Lipinski definition) is 0. The van der Waals surface area contributed by atoms with E-state index in [1.165, 1.54) is 5.52 Å². The predicted molar refractivity (Wildman–Crippen MR) is 85.7 cm³/mol. The van der Waals surface area contributed by atoms with Crippen molar-refractivity contribution in [1.29, 1.82) is 0 Å². The number of para-hydroxylation sites is 2. The molecule has 1 atom stereocenters. The normalized spacial score (nSPS) is 19.5. The Balaban J connectivity index is 1.54. The average Bonchev–Trinajstić information content (AvgIpc) is 3.12. The molecule has 0 radical (unpaired) electrons. The van der Waals surface area contributed by atoms with Gasteiger partial charge in [0.15, 0.2) is 5.82 Å². The largest absolute Gasteiger partial charge is 0.368 e. The lowest BCUT2D eigenvalue weighted by Gasteiger charge is -2.31. The summed E-state index contributed by atoms with van der Waals surface area (Å²) in [4.78, 5) is 7.12. The third-order valence-corrected chi connectivity index (χ3v) is 4.43. The zero-order valence-electron chi connectivity index (χ0n) is 13.4. The first kappa shape index (κ1) is 14.3. The van der Waals surface area contributed by atoms with Gasteiger partial charge in [-0.2, -0.15) is 0 Å². The summed E-state index contributed by atoms with van der Waals surface area (Å²) in [6.45, 7) is 3.21. The van der Waals surface area contributed by atoms with E-state index in [1.807, 2.05) is 23.7 Å². The van der Waals surface area contributed by atoms with Gasteiger partial charge in [-0.15, -0.1) is 10.2 Å². The van der Waals surface area contributed by atoms with Crippen LogP contribution in [-0.2, 0) is 25.4 Å². The molecule has 1 saturated heterocycles. The van der Waals surface area contributed by atoms with E-state index in [9.17, 15) is 0 Å². The second-order valence-electron chi connectivity index (χ2n) is 5.97. The Bertz CT molecular complexity index is 823. The minimum atomic E-state index is -0.0362. The Morgan fingerprint density at radius 2 is 2.13 bits per heavy atom. The molecule has 0 aliphatic carbocycles. The summed E-state index contributed by atoms with van der Waals surface area (Å²) in [6.07, 6.45) is 1.68. The Hall–Kier alpha value is -2.25. The quantitative estimate of drug-likeness (QED) is 0.729. The van der Waals surface area contributed by atoms with Gasteiger partial charge in [0.05, 0.1) is 24.2 Å². The van der Waals surface area contributed by atoms with Crippen molar-refractivity contribution in [2.45, 2.75) is 12.6 Å². The van der Waals surface area contributed by atoms with Gasteiger partial charge in [0, 0.05) is 27.2 Å². The van der Waals surface area contributed by atoms with Gasteiger partial charge < -0.3 is 13.9 Å². The van der Waals surface area contributed by atoms with E-state index >= 15 is 0 Å². The van der Waals surface area contributed by atoms with E-state index in [2.05, 4.69) is 38.8 Å². The number of fused-ring (bicyclic) bond motifs is 1. The van der Waals surface area contributed by atoms with Crippen molar-refractivity contribution in [3.63, 3.8) is 0 Å². The van der Waals surface area contributed by atoms with Crippen LogP contribution in [0.2, 0.25) is 0 Å². The molecule has 0 spiro atoms. The van der Waals surface area contributed by atoms with Crippen LogP contribution in [0.5, 0.6) is 0 Å². The van der Waals surface area contributed by atoms with Crippen LogP contribution < -0.4 is 0 Å².